The Kier molecular flexibility index (Phi) is 7.55. The molecule has 0 spiro atoms. The molecule has 0 saturated carbocycles. The van der Waals surface area contributed by atoms with E-state index in [1.807, 2.05) is 68.4 Å². The van der Waals surface area contributed by atoms with Crippen molar-refractivity contribution in [1.82, 2.24) is 5.32 Å². The molecular weight excluding hydrogens is 476 g/mol. The van der Waals surface area contributed by atoms with Crippen molar-refractivity contribution in [3.8, 4) is 11.5 Å². The number of para-hydroxylation sites is 2. The van der Waals surface area contributed by atoms with Crippen LogP contribution in [0.15, 0.2) is 82.6 Å². The Balaban J connectivity index is 1.41. The first-order chi connectivity index (χ1) is 17.3. The second kappa shape index (κ2) is 10.8. The number of nitrogens with one attached hydrogen (secondary N) is 1. The van der Waals surface area contributed by atoms with Gasteiger partial charge in [0.05, 0.1) is 31.1 Å². The first-order valence-electron chi connectivity index (χ1n) is 11.4. The molecule has 1 aliphatic heterocycles. The lowest BCUT2D eigenvalue weighted by Gasteiger charge is -2.34. The summed E-state index contributed by atoms with van der Waals surface area (Å²) < 4.78 is 16.0. The van der Waals surface area contributed by atoms with Gasteiger partial charge in [-0.25, -0.2) is 9.59 Å². The third-order valence-corrected chi connectivity index (χ3v) is 6.61. The maximum absolute atomic E-state index is 13.4. The zero-order valence-electron chi connectivity index (χ0n) is 20.6. The Morgan fingerprint density at radius 1 is 0.917 bits per heavy atom. The predicted octanol–water partition coefficient (Wildman–Crippen LogP) is 6.05. The van der Waals surface area contributed by atoms with Crippen LogP contribution in [0.25, 0.3) is 6.08 Å². The van der Waals surface area contributed by atoms with E-state index >= 15 is 0 Å². The van der Waals surface area contributed by atoms with Crippen molar-refractivity contribution in [2.24, 2.45) is 0 Å². The Labute approximate surface area is 215 Å². The van der Waals surface area contributed by atoms with Crippen LogP contribution in [0.2, 0.25) is 0 Å². The summed E-state index contributed by atoms with van der Waals surface area (Å²) in [7, 11) is 3.11. The van der Waals surface area contributed by atoms with E-state index in [1.165, 1.54) is 6.08 Å². The van der Waals surface area contributed by atoms with Crippen LogP contribution in [0.5, 0.6) is 11.5 Å². The molecule has 186 valence electrons. The summed E-state index contributed by atoms with van der Waals surface area (Å²) in [5, 5.41) is 3.01. The topological polar surface area (TPSA) is 77.1 Å². The summed E-state index contributed by atoms with van der Waals surface area (Å²) in [6.45, 7) is 3.62. The Morgan fingerprint density at radius 3 is 2.14 bits per heavy atom. The fourth-order valence-electron chi connectivity index (χ4n) is 3.73. The quantitative estimate of drug-likeness (QED) is 0.312. The third-order valence-electron chi connectivity index (χ3n) is 5.48. The normalized spacial score (nSPS) is 12.5. The summed E-state index contributed by atoms with van der Waals surface area (Å²) in [4.78, 5) is 29.5. The lowest BCUT2D eigenvalue weighted by atomic mass is 10.1. The smallest absolute Gasteiger partial charge is 0.330 e. The van der Waals surface area contributed by atoms with Crippen LogP contribution in [-0.4, -0.2) is 38.4 Å². The summed E-state index contributed by atoms with van der Waals surface area (Å²) >= 11 is 1.63. The number of methoxy groups -OCH3 is 2. The maximum atomic E-state index is 13.4. The molecule has 1 heterocycles. The van der Waals surface area contributed by atoms with Crippen LogP contribution < -0.4 is 19.7 Å². The van der Waals surface area contributed by atoms with Gasteiger partial charge in [0.2, 0.25) is 0 Å². The average Bonchev–Trinajstić information content (AvgIpc) is 2.88. The first kappa shape index (κ1) is 25.2. The number of amides is 2. The molecule has 1 aliphatic rings. The molecule has 1 N–H and O–H groups in total. The number of ether oxygens (including phenoxy) is 3. The zero-order chi connectivity index (χ0) is 25.7. The molecule has 0 aromatic heterocycles. The number of hydrogen-bond acceptors (Lipinski definition) is 6. The highest BCUT2D eigenvalue weighted by Crippen LogP contribution is 2.47. The molecule has 36 heavy (non-hydrogen) atoms. The predicted molar refractivity (Wildman–Crippen MR) is 141 cm³/mol. The molecule has 0 fully saturated rings. The minimum absolute atomic E-state index is 0.000267. The molecule has 2 amide bonds. The Morgan fingerprint density at radius 2 is 1.53 bits per heavy atom. The van der Waals surface area contributed by atoms with Gasteiger partial charge >= 0.3 is 12.0 Å². The van der Waals surface area contributed by atoms with Gasteiger partial charge < -0.3 is 19.5 Å². The number of urea groups is 1. The highest BCUT2D eigenvalue weighted by Gasteiger charge is 2.31. The van der Waals surface area contributed by atoms with Crippen LogP contribution in [-0.2, 0) is 9.53 Å². The van der Waals surface area contributed by atoms with Gasteiger partial charge in [0.15, 0.2) is 11.5 Å². The monoisotopic (exact) mass is 504 g/mol. The van der Waals surface area contributed by atoms with Crippen molar-refractivity contribution >= 4 is 41.2 Å². The van der Waals surface area contributed by atoms with Crippen molar-refractivity contribution in [1.29, 1.82) is 0 Å². The second-order valence-corrected chi connectivity index (χ2v) is 9.83. The number of anilines is 2. The number of rotatable bonds is 7. The number of esters is 1. The van der Waals surface area contributed by atoms with Gasteiger partial charge in [0.1, 0.15) is 6.61 Å². The van der Waals surface area contributed by atoms with Crippen LogP contribution in [0, 0.1) is 0 Å². The molecule has 7 nitrogen and oxygen atoms in total. The van der Waals surface area contributed by atoms with E-state index in [2.05, 4.69) is 5.32 Å². The van der Waals surface area contributed by atoms with E-state index in [4.69, 9.17) is 14.2 Å². The lowest BCUT2D eigenvalue weighted by Crippen LogP contribution is -2.52. The Bertz CT molecular complexity index is 1260. The van der Waals surface area contributed by atoms with Crippen LogP contribution >= 0.6 is 11.8 Å². The molecule has 0 radical (unpaired) electrons. The van der Waals surface area contributed by atoms with E-state index in [9.17, 15) is 9.59 Å². The fraction of sp³-hybridized carbons (Fsp3) is 0.214. The maximum Gasteiger partial charge on any atom is 0.330 e. The number of hydrogen-bond donors (Lipinski definition) is 1. The number of carbonyl (C=O) groups is 2. The second-order valence-electron chi connectivity index (χ2n) is 8.74. The third kappa shape index (κ3) is 5.66. The molecule has 0 saturated heterocycles. The lowest BCUT2D eigenvalue weighted by molar-refractivity contribution is -0.139. The molecule has 0 atom stereocenters. The zero-order valence-corrected chi connectivity index (χ0v) is 21.4. The summed E-state index contributed by atoms with van der Waals surface area (Å²) in [5.41, 5.74) is 1.57. The molecule has 0 aliphatic carbocycles. The van der Waals surface area contributed by atoms with Crippen LogP contribution in [0.3, 0.4) is 0 Å². The van der Waals surface area contributed by atoms with E-state index in [0.29, 0.717) is 11.5 Å². The summed E-state index contributed by atoms with van der Waals surface area (Å²) in [6, 6.07) is 20.6. The SMILES string of the molecule is COc1ccc(C=CC(=O)OCC(C)(C)NC(=O)N2c3ccccc3Sc3ccccc32)cc1OC. The van der Waals surface area contributed by atoms with E-state index < -0.39 is 11.5 Å². The number of nitrogens with zero attached hydrogens (tertiary/aromatic N) is 1. The number of benzene rings is 3. The standard InChI is InChI=1S/C28H28N2O5S/c1-28(2,18-35-26(31)16-14-19-13-15-22(33-3)23(17-19)34-4)29-27(32)30-20-9-5-7-11-24(20)36-25-12-8-6-10-21(25)30/h5-17H,18H2,1-4H3,(H,29,32). The number of fused-ring (bicyclic) bond motifs is 2. The first-order valence-corrected chi connectivity index (χ1v) is 12.2. The molecule has 3 aromatic carbocycles. The average molecular weight is 505 g/mol. The van der Waals surface area contributed by atoms with Crippen molar-refractivity contribution in [2.75, 3.05) is 25.7 Å². The highest BCUT2D eigenvalue weighted by molar-refractivity contribution is 7.99. The van der Waals surface area contributed by atoms with Gasteiger partial charge in [-0.1, -0.05) is 42.1 Å². The van der Waals surface area contributed by atoms with E-state index in [1.54, 1.807) is 49.1 Å². The molecule has 8 heteroatoms. The minimum Gasteiger partial charge on any atom is -0.493 e. The minimum atomic E-state index is -0.807. The molecule has 0 unspecified atom stereocenters. The fourth-order valence-corrected chi connectivity index (χ4v) is 4.78. The summed E-state index contributed by atoms with van der Waals surface area (Å²) in [5.74, 6) is 0.653. The van der Waals surface area contributed by atoms with Gasteiger partial charge in [0, 0.05) is 15.9 Å². The van der Waals surface area contributed by atoms with Gasteiger partial charge in [-0.3, -0.25) is 4.90 Å². The Hall–Kier alpha value is -3.91. The van der Waals surface area contributed by atoms with E-state index in [-0.39, 0.29) is 12.6 Å². The van der Waals surface area contributed by atoms with Crippen molar-refractivity contribution in [3.63, 3.8) is 0 Å². The van der Waals surface area contributed by atoms with Gasteiger partial charge in [-0.15, -0.1) is 0 Å². The van der Waals surface area contributed by atoms with E-state index in [0.717, 1.165) is 26.7 Å². The highest BCUT2D eigenvalue weighted by atomic mass is 32.2. The van der Waals surface area contributed by atoms with Crippen LogP contribution in [0.1, 0.15) is 19.4 Å². The molecule has 4 rings (SSSR count). The molecular formula is C28H28N2O5S. The van der Waals surface area contributed by atoms with Crippen molar-refractivity contribution < 1.29 is 23.8 Å². The largest absolute Gasteiger partial charge is 0.493 e. The van der Waals surface area contributed by atoms with Crippen LogP contribution in [0.4, 0.5) is 16.2 Å². The van der Waals surface area contributed by atoms with Gasteiger partial charge in [0.25, 0.3) is 0 Å². The summed E-state index contributed by atoms with van der Waals surface area (Å²) in [6.07, 6.45) is 2.97. The van der Waals surface area contributed by atoms with Gasteiger partial charge in [-0.2, -0.15) is 0 Å². The molecule has 3 aromatic rings. The van der Waals surface area contributed by atoms with Crippen molar-refractivity contribution in [2.45, 2.75) is 29.2 Å². The number of carbonyl (C=O) groups excluding carboxylic acids is 2. The molecule has 0 bridgehead atoms. The van der Waals surface area contributed by atoms with Crippen molar-refractivity contribution in [3.05, 3.63) is 78.4 Å². The van der Waals surface area contributed by atoms with Gasteiger partial charge in [-0.05, 0) is 61.9 Å².